The van der Waals surface area contributed by atoms with Gasteiger partial charge in [-0.25, -0.2) is 4.79 Å². The molecule has 5 heteroatoms. The van der Waals surface area contributed by atoms with Crippen LogP contribution in [0.3, 0.4) is 0 Å². The summed E-state index contributed by atoms with van der Waals surface area (Å²) < 4.78 is 5.01. The average Bonchev–Trinajstić information content (AvgIpc) is 2.49. The monoisotopic (exact) mass is 278 g/mol. The first-order valence-corrected chi connectivity index (χ1v) is 7.05. The number of piperazine rings is 1. The number of carbonyl (C=O) groups excluding carboxylic acids is 1. The molecule has 0 aliphatic carbocycles. The van der Waals surface area contributed by atoms with E-state index in [9.17, 15) is 4.79 Å². The fourth-order valence-electron chi connectivity index (χ4n) is 2.31. The molecule has 110 valence electrons. The Kier molecular flexibility index (Phi) is 5.38. The van der Waals surface area contributed by atoms with Crippen molar-refractivity contribution in [3.05, 3.63) is 35.4 Å². The van der Waals surface area contributed by atoms with Crippen LogP contribution in [0.5, 0.6) is 0 Å². The van der Waals surface area contributed by atoms with Gasteiger partial charge in [-0.15, -0.1) is 0 Å². The van der Waals surface area contributed by atoms with Gasteiger partial charge in [0.15, 0.2) is 0 Å². The van der Waals surface area contributed by atoms with Crippen LogP contribution in [0.2, 0.25) is 0 Å². The molecule has 20 heavy (non-hydrogen) atoms. The lowest BCUT2D eigenvalue weighted by Gasteiger charge is -2.34. The third kappa shape index (κ3) is 3.95. The van der Waals surface area contributed by atoms with Crippen LogP contribution >= 0.6 is 0 Å². The van der Waals surface area contributed by atoms with Gasteiger partial charge in [-0.1, -0.05) is 24.3 Å². The van der Waals surface area contributed by atoms with Crippen molar-refractivity contribution in [2.75, 3.05) is 32.8 Å². The second-order valence-electron chi connectivity index (χ2n) is 4.94. The van der Waals surface area contributed by atoms with Crippen molar-refractivity contribution in [3.63, 3.8) is 0 Å². The third-order valence-electron chi connectivity index (χ3n) is 3.51. The molecule has 1 fully saturated rings. The van der Waals surface area contributed by atoms with Crippen molar-refractivity contribution in [2.24, 2.45) is 0 Å². The summed E-state index contributed by atoms with van der Waals surface area (Å²) in [4.78, 5) is 15.7. The number of hydrogen-bond donors (Lipinski definition) is 1. The number of ether oxygens (including phenoxy) is 1. The van der Waals surface area contributed by atoms with Gasteiger partial charge < -0.3 is 14.7 Å². The molecule has 0 aromatic heterocycles. The van der Waals surface area contributed by atoms with E-state index >= 15 is 0 Å². The van der Waals surface area contributed by atoms with E-state index < -0.39 is 0 Å². The van der Waals surface area contributed by atoms with Gasteiger partial charge in [0.2, 0.25) is 0 Å². The number of carbonyl (C=O) groups is 1. The SMILES string of the molecule is CCOC(=O)N1CCN(Cc2ccc(CO)cc2)CC1. The molecule has 0 saturated carbocycles. The number of nitrogens with zero attached hydrogens (tertiary/aromatic N) is 2. The molecular weight excluding hydrogens is 256 g/mol. The number of hydrogen-bond acceptors (Lipinski definition) is 4. The van der Waals surface area contributed by atoms with E-state index in [-0.39, 0.29) is 12.7 Å². The predicted octanol–water partition coefficient (Wildman–Crippen LogP) is 1.45. The highest BCUT2D eigenvalue weighted by atomic mass is 16.6. The molecule has 1 aliphatic rings. The Morgan fingerprint density at radius 3 is 2.30 bits per heavy atom. The predicted molar refractivity (Wildman–Crippen MR) is 76.2 cm³/mol. The maximum absolute atomic E-state index is 11.6. The average molecular weight is 278 g/mol. The van der Waals surface area contributed by atoms with E-state index in [1.807, 2.05) is 31.2 Å². The molecule has 1 aromatic rings. The van der Waals surface area contributed by atoms with Gasteiger partial charge in [-0.3, -0.25) is 4.90 Å². The van der Waals surface area contributed by atoms with Crippen LogP contribution in [-0.4, -0.2) is 53.8 Å². The van der Waals surface area contributed by atoms with Crippen molar-refractivity contribution >= 4 is 6.09 Å². The van der Waals surface area contributed by atoms with Crippen LogP contribution in [-0.2, 0) is 17.9 Å². The summed E-state index contributed by atoms with van der Waals surface area (Å²) in [7, 11) is 0. The van der Waals surface area contributed by atoms with Gasteiger partial charge in [0, 0.05) is 32.7 Å². The van der Waals surface area contributed by atoms with Crippen LogP contribution in [0.4, 0.5) is 4.79 Å². The number of aliphatic hydroxyl groups excluding tert-OH is 1. The van der Waals surface area contributed by atoms with E-state index in [0.29, 0.717) is 19.7 Å². The zero-order chi connectivity index (χ0) is 14.4. The minimum absolute atomic E-state index is 0.0818. The summed E-state index contributed by atoms with van der Waals surface area (Å²) in [5.41, 5.74) is 2.16. The second kappa shape index (κ2) is 7.26. The zero-order valence-corrected chi connectivity index (χ0v) is 11.9. The largest absolute Gasteiger partial charge is 0.450 e. The van der Waals surface area contributed by atoms with E-state index in [0.717, 1.165) is 25.2 Å². The Morgan fingerprint density at radius 2 is 1.75 bits per heavy atom. The Morgan fingerprint density at radius 1 is 1.15 bits per heavy atom. The van der Waals surface area contributed by atoms with Crippen LogP contribution in [0.25, 0.3) is 0 Å². The molecule has 1 amide bonds. The molecule has 0 unspecified atom stereocenters. The maximum atomic E-state index is 11.6. The zero-order valence-electron chi connectivity index (χ0n) is 11.9. The lowest BCUT2D eigenvalue weighted by Crippen LogP contribution is -2.48. The number of rotatable bonds is 4. The molecule has 0 spiro atoms. The van der Waals surface area contributed by atoms with Crippen LogP contribution in [0, 0.1) is 0 Å². The number of aliphatic hydroxyl groups is 1. The number of benzene rings is 1. The topological polar surface area (TPSA) is 53.0 Å². The fraction of sp³-hybridized carbons (Fsp3) is 0.533. The Hall–Kier alpha value is -1.59. The Labute approximate surface area is 119 Å². The van der Waals surface area contributed by atoms with Crippen LogP contribution in [0.1, 0.15) is 18.1 Å². The highest BCUT2D eigenvalue weighted by Crippen LogP contribution is 2.10. The fourth-order valence-corrected chi connectivity index (χ4v) is 2.31. The molecule has 1 N–H and O–H groups in total. The minimum Gasteiger partial charge on any atom is -0.450 e. The van der Waals surface area contributed by atoms with Gasteiger partial charge in [-0.05, 0) is 18.1 Å². The van der Waals surface area contributed by atoms with Gasteiger partial charge in [0.25, 0.3) is 0 Å². The lowest BCUT2D eigenvalue weighted by molar-refractivity contribution is 0.0778. The summed E-state index contributed by atoms with van der Waals surface area (Å²) in [5, 5.41) is 9.02. The normalized spacial score (nSPS) is 16.2. The van der Waals surface area contributed by atoms with E-state index in [1.54, 1.807) is 4.90 Å². The maximum Gasteiger partial charge on any atom is 0.409 e. The van der Waals surface area contributed by atoms with Gasteiger partial charge in [-0.2, -0.15) is 0 Å². The molecule has 1 saturated heterocycles. The second-order valence-corrected chi connectivity index (χ2v) is 4.94. The summed E-state index contributed by atoms with van der Waals surface area (Å²) in [6.45, 7) is 6.36. The van der Waals surface area contributed by atoms with Gasteiger partial charge >= 0.3 is 6.09 Å². The first kappa shape index (κ1) is 14.8. The lowest BCUT2D eigenvalue weighted by atomic mass is 10.1. The third-order valence-corrected chi connectivity index (χ3v) is 3.51. The molecule has 1 heterocycles. The molecule has 0 bridgehead atoms. The van der Waals surface area contributed by atoms with Crippen molar-refractivity contribution < 1.29 is 14.6 Å². The molecule has 1 aliphatic heterocycles. The van der Waals surface area contributed by atoms with E-state index in [4.69, 9.17) is 9.84 Å². The number of amides is 1. The highest BCUT2D eigenvalue weighted by molar-refractivity contribution is 5.67. The van der Waals surface area contributed by atoms with Crippen LogP contribution < -0.4 is 0 Å². The van der Waals surface area contributed by atoms with Crippen molar-refractivity contribution in [2.45, 2.75) is 20.1 Å². The van der Waals surface area contributed by atoms with E-state index in [1.165, 1.54) is 5.56 Å². The summed E-state index contributed by atoms with van der Waals surface area (Å²) >= 11 is 0. The smallest absolute Gasteiger partial charge is 0.409 e. The molecule has 2 rings (SSSR count). The quantitative estimate of drug-likeness (QED) is 0.906. The Balaban J connectivity index is 1.80. The highest BCUT2D eigenvalue weighted by Gasteiger charge is 2.21. The van der Waals surface area contributed by atoms with Gasteiger partial charge in [0.05, 0.1) is 13.2 Å². The summed E-state index contributed by atoms with van der Waals surface area (Å²) in [6, 6.07) is 7.99. The van der Waals surface area contributed by atoms with Crippen molar-refractivity contribution in [3.8, 4) is 0 Å². The minimum atomic E-state index is -0.209. The summed E-state index contributed by atoms with van der Waals surface area (Å²) in [5.74, 6) is 0. The first-order chi connectivity index (χ1) is 9.72. The summed E-state index contributed by atoms with van der Waals surface area (Å²) in [6.07, 6.45) is -0.209. The Bertz CT molecular complexity index is 425. The van der Waals surface area contributed by atoms with E-state index in [2.05, 4.69) is 4.90 Å². The van der Waals surface area contributed by atoms with Crippen molar-refractivity contribution in [1.29, 1.82) is 0 Å². The molecular formula is C15H22N2O3. The molecule has 0 atom stereocenters. The molecule has 5 nitrogen and oxygen atoms in total. The first-order valence-electron chi connectivity index (χ1n) is 7.05. The molecule has 0 radical (unpaired) electrons. The van der Waals surface area contributed by atoms with Crippen molar-refractivity contribution in [1.82, 2.24) is 9.80 Å². The standard InChI is InChI=1S/C15H22N2O3/c1-2-20-15(19)17-9-7-16(8-10-17)11-13-3-5-14(12-18)6-4-13/h3-6,18H,2,7-12H2,1H3. The van der Waals surface area contributed by atoms with Gasteiger partial charge in [0.1, 0.15) is 0 Å². The molecule has 1 aromatic carbocycles. The van der Waals surface area contributed by atoms with Crippen LogP contribution in [0.15, 0.2) is 24.3 Å².